The monoisotopic (exact) mass is 294 g/mol. The van der Waals surface area contributed by atoms with E-state index >= 15 is 0 Å². The minimum absolute atomic E-state index is 0.188. The summed E-state index contributed by atoms with van der Waals surface area (Å²) in [6, 6.07) is 7.79. The van der Waals surface area contributed by atoms with Gasteiger partial charge in [-0.05, 0) is 32.9 Å². The van der Waals surface area contributed by atoms with E-state index in [2.05, 4.69) is 21.3 Å². The number of hydrogen-bond acceptors (Lipinski definition) is 2. The zero-order valence-electron chi connectivity index (χ0n) is 8.87. The molecule has 0 aliphatic carbocycles. The Bertz CT molecular complexity index is 516. The number of ketones is 1. The quantitative estimate of drug-likeness (QED) is 0.745. The number of carbonyl (C=O) groups excluding carboxylic acids is 1. The van der Waals surface area contributed by atoms with E-state index in [4.69, 9.17) is 0 Å². The molecule has 2 rings (SSSR count). The van der Waals surface area contributed by atoms with Gasteiger partial charge in [0, 0.05) is 27.4 Å². The second-order valence-electron chi connectivity index (χ2n) is 3.49. The lowest BCUT2D eigenvalue weighted by Crippen LogP contribution is -1.95. The lowest BCUT2D eigenvalue weighted by molar-refractivity contribution is 0.0988. The first-order chi connectivity index (χ1) is 7.72. The predicted molar refractivity (Wildman–Crippen MR) is 72.1 cm³/mol. The first-order valence-corrected chi connectivity index (χ1v) is 6.81. The third-order valence-corrected chi connectivity index (χ3v) is 4.13. The molecule has 0 spiro atoms. The highest BCUT2D eigenvalue weighted by molar-refractivity contribution is 9.10. The van der Waals surface area contributed by atoms with Gasteiger partial charge in [-0.15, -0.1) is 0 Å². The highest BCUT2D eigenvalue weighted by Gasteiger charge is 2.07. The molecule has 1 aromatic carbocycles. The van der Waals surface area contributed by atoms with Crippen molar-refractivity contribution in [2.45, 2.75) is 13.3 Å². The van der Waals surface area contributed by atoms with Gasteiger partial charge in [0.1, 0.15) is 0 Å². The van der Waals surface area contributed by atoms with Gasteiger partial charge in [-0.1, -0.05) is 25.1 Å². The zero-order chi connectivity index (χ0) is 11.5. The van der Waals surface area contributed by atoms with Crippen molar-refractivity contribution in [3.8, 4) is 11.1 Å². The van der Waals surface area contributed by atoms with Gasteiger partial charge in [-0.25, -0.2) is 0 Å². The van der Waals surface area contributed by atoms with Crippen LogP contribution in [0.2, 0.25) is 0 Å². The SMILES string of the molecule is CCC(=O)c1cccc(-c2cscc2Br)c1. The fraction of sp³-hybridized carbons (Fsp3) is 0.154. The van der Waals surface area contributed by atoms with Crippen molar-refractivity contribution in [1.82, 2.24) is 0 Å². The highest BCUT2D eigenvalue weighted by Crippen LogP contribution is 2.32. The molecule has 0 aliphatic rings. The van der Waals surface area contributed by atoms with Crippen LogP contribution in [0.15, 0.2) is 39.5 Å². The van der Waals surface area contributed by atoms with Crippen LogP contribution in [-0.2, 0) is 0 Å². The molecule has 0 saturated carbocycles. The van der Waals surface area contributed by atoms with Crippen LogP contribution in [0, 0.1) is 0 Å². The lowest BCUT2D eigenvalue weighted by Gasteiger charge is -2.02. The molecule has 2 aromatic rings. The van der Waals surface area contributed by atoms with Crippen molar-refractivity contribution in [2.75, 3.05) is 0 Å². The molecule has 3 heteroatoms. The first kappa shape index (κ1) is 11.6. The molecular weight excluding hydrogens is 284 g/mol. The van der Waals surface area contributed by atoms with Gasteiger partial charge in [0.15, 0.2) is 5.78 Å². The second kappa shape index (κ2) is 4.93. The number of halogens is 1. The van der Waals surface area contributed by atoms with E-state index in [9.17, 15) is 4.79 Å². The van der Waals surface area contributed by atoms with Crippen molar-refractivity contribution in [3.05, 3.63) is 45.1 Å². The van der Waals surface area contributed by atoms with E-state index < -0.39 is 0 Å². The third-order valence-electron chi connectivity index (χ3n) is 2.43. The standard InChI is InChI=1S/C13H11BrOS/c1-2-13(15)10-5-3-4-9(6-10)11-7-16-8-12(11)14/h3-8H,2H2,1H3. The maximum absolute atomic E-state index is 11.6. The fourth-order valence-corrected chi connectivity index (χ4v) is 3.08. The normalized spacial score (nSPS) is 10.4. The molecule has 0 unspecified atom stereocenters. The van der Waals surface area contributed by atoms with Crippen molar-refractivity contribution >= 4 is 33.0 Å². The fourth-order valence-electron chi connectivity index (χ4n) is 1.55. The second-order valence-corrected chi connectivity index (χ2v) is 5.09. The Kier molecular flexibility index (Phi) is 3.56. The van der Waals surface area contributed by atoms with Crippen molar-refractivity contribution < 1.29 is 4.79 Å². The maximum Gasteiger partial charge on any atom is 0.162 e. The number of hydrogen-bond donors (Lipinski definition) is 0. The molecule has 0 N–H and O–H groups in total. The van der Waals surface area contributed by atoms with Crippen LogP contribution in [0.25, 0.3) is 11.1 Å². The van der Waals surface area contributed by atoms with Gasteiger partial charge in [-0.2, -0.15) is 11.3 Å². The van der Waals surface area contributed by atoms with Gasteiger partial charge in [0.05, 0.1) is 0 Å². The number of benzene rings is 1. The largest absolute Gasteiger partial charge is 0.294 e. The van der Waals surface area contributed by atoms with Gasteiger partial charge < -0.3 is 0 Å². The Hall–Kier alpha value is -0.930. The molecule has 82 valence electrons. The predicted octanol–water partition coefficient (Wildman–Crippen LogP) is 4.77. The average molecular weight is 295 g/mol. The van der Waals surface area contributed by atoms with Gasteiger partial charge in [0.2, 0.25) is 0 Å². The average Bonchev–Trinajstić information content (AvgIpc) is 2.74. The van der Waals surface area contributed by atoms with Crippen LogP contribution >= 0.6 is 27.3 Å². The molecular formula is C13H11BrOS. The smallest absolute Gasteiger partial charge is 0.162 e. The molecule has 0 atom stereocenters. The minimum atomic E-state index is 0.188. The van der Waals surface area contributed by atoms with Crippen molar-refractivity contribution in [2.24, 2.45) is 0 Å². The number of carbonyl (C=O) groups is 1. The van der Waals surface area contributed by atoms with E-state index in [-0.39, 0.29) is 5.78 Å². The molecule has 0 aliphatic heterocycles. The summed E-state index contributed by atoms with van der Waals surface area (Å²) in [5, 5.41) is 4.13. The van der Waals surface area contributed by atoms with E-state index in [0.29, 0.717) is 6.42 Å². The highest BCUT2D eigenvalue weighted by atomic mass is 79.9. The number of rotatable bonds is 3. The summed E-state index contributed by atoms with van der Waals surface area (Å²) >= 11 is 5.16. The van der Waals surface area contributed by atoms with Crippen LogP contribution in [0.3, 0.4) is 0 Å². The van der Waals surface area contributed by atoms with E-state index in [1.54, 1.807) is 11.3 Å². The summed E-state index contributed by atoms with van der Waals surface area (Å²) in [7, 11) is 0. The lowest BCUT2D eigenvalue weighted by atomic mass is 10.0. The van der Waals surface area contributed by atoms with E-state index in [1.165, 1.54) is 0 Å². The Morgan fingerprint density at radius 3 is 2.81 bits per heavy atom. The molecule has 16 heavy (non-hydrogen) atoms. The Labute approximate surface area is 107 Å². The molecule has 1 nitrogen and oxygen atoms in total. The summed E-state index contributed by atoms with van der Waals surface area (Å²) in [6.07, 6.45) is 0.550. The molecule has 0 radical (unpaired) electrons. The van der Waals surface area contributed by atoms with Crippen LogP contribution in [0.1, 0.15) is 23.7 Å². The molecule has 0 saturated heterocycles. The Morgan fingerprint density at radius 2 is 2.19 bits per heavy atom. The molecule has 0 fully saturated rings. The summed E-state index contributed by atoms with van der Waals surface area (Å²) in [5.74, 6) is 0.188. The van der Waals surface area contributed by atoms with Gasteiger partial charge in [-0.3, -0.25) is 4.79 Å². The van der Waals surface area contributed by atoms with Crippen LogP contribution in [-0.4, -0.2) is 5.78 Å². The summed E-state index contributed by atoms with van der Waals surface area (Å²) in [5.41, 5.74) is 3.03. The third kappa shape index (κ3) is 2.25. The van der Waals surface area contributed by atoms with E-state index in [1.807, 2.05) is 36.6 Å². The van der Waals surface area contributed by atoms with Gasteiger partial charge in [0.25, 0.3) is 0 Å². The summed E-state index contributed by atoms with van der Waals surface area (Å²) in [4.78, 5) is 11.6. The molecule has 1 heterocycles. The Balaban J connectivity index is 2.44. The molecule has 1 aromatic heterocycles. The first-order valence-electron chi connectivity index (χ1n) is 5.07. The number of Topliss-reactive ketones (excluding diaryl/α,β-unsaturated/α-hetero) is 1. The van der Waals surface area contributed by atoms with E-state index in [0.717, 1.165) is 21.2 Å². The summed E-state index contributed by atoms with van der Waals surface area (Å²) < 4.78 is 1.08. The van der Waals surface area contributed by atoms with Crippen LogP contribution in [0.5, 0.6) is 0 Å². The minimum Gasteiger partial charge on any atom is -0.294 e. The molecule has 0 bridgehead atoms. The molecule has 0 amide bonds. The van der Waals surface area contributed by atoms with Crippen LogP contribution in [0.4, 0.5) is 0 Å². The van der Waals surface area contributed by atoms with Crippen LogP contribution < -0.4 is 0 Å². The number of thiophene rings is 1. The Morgan fingerprint density at radius 1 is 1.38 bits per heavy atom. The summed E-state index contributed by atoms with van der Waals surface area (Å²) in [6.45, 7) is 1.88. The van der Waals surface area contributed by atoms with Gasteiger partial charge >= 0.3 is 0 Å². The van der Waals surface area contributed by atoms with Crippen molar-refractivity contribution in [3.63, 3.8) is 0 Å². The van der Waals surface area contributed by atoms with Crippen molar-refractivity contribution in [1.29, 1.82) is 0 Å². The zero-order valence-corrected chi connectivity index (χ0v) is 11.3. The maximum atomic E-state index is 11.6. The topological polar surface area (TPSA) is 17.1 Å².